The molecule has 0 saturated heterocycles. The lowest BCUT2D eigenvalue weighted by atomic mass is 10.1. The van der Waals surface area contributed by atoms with Crippen LogP contribution >= 0.6 is 11.6 Å². The summed E-state index contributed by atoms with van der Waals surface area (Å²) in [7, 11) is 1.55. The summed E-state index contributed by atoms with van der Waals surface area (Å²) >= 11 is 5.96. The number of rotatable bonds is 4. The minimum atomic E-state index is -0.862. The Kier molecular flexibility index (Phi) is 5.00. The highest BCUT2D eigenvalue weighted by Gasteiger charge is 2.25. The van der Waals surface area contributed by atoms with E-state index < -0.39 is 23.0 Å². The summed E-state index contributed by atoms with van der Waals surface area (Å²) in [4.78, 5) is 37.6. The first-order chi connectivity index (χ1) is 12.4. The fraction of sp³-hybridized carbons (Fsp3) is 0.389. The second-order valence-electron chi connectivity index (χ2n) is 6.18. The average Bonchev–Trinajstić information content (AvgIpc) is 3.09. The highest BCUT2D eigenvalue weighted by atomic mass is 35.5. The van der Waals surface area contributed by atoms with E-state index in [0.29, 0.717) is 30.5 Å². The van der Waals surface area contributed by atoms with Gasteiger partial charge < -0.3 is 9.30 Å². The molecule has 0 N–H and O–H groups in total. The molecule has 0 radical (unpaired) electrons. The number of fused-ring (bicyclic) bond motifs is 1. The van der Waals surface area contributed by atoms with Gasteiger partial charge >= 0.3 is 11.7 Å². The van der Waals surface area contributed by atoms with Crippen molar-refractivity contribution >= 4 is 17.6 Å². The minimum absolute atomic E-state index is 0.0917. The quantitative estimate of drug-likeness (QED) is 0.764. The maximum atomic E-state index is 14.5. The summed E-state index contributed by atoms with van der Waals surface area (Å²) in [5, 5.41) is -0.140. The van der Waals surface area contributed by atoms with Gasteiger partial charge in [0.1, 0.15) is 5.82 Å². The van der Waals surface area contributed by atoms with Crippen LogP contribution in [0, 0.1) is 5.82 Å². The Bertz CT molecular complexity index is 1010. The molecule has 0 atom stereocenters. The second-order valence-corrected chi connectivity index (χ2v) is 6.59. The van der Waals surface area contributed by atoms with Crippen molar-refractivity contribution in [1.82, 2.24) is 9.13 Å². The summed E-state index contributed by atoms with van der Waals surface area (Å²) in [6.45, 7) is 2.02. The highest BCUT2D eigenvalue weighted by Crippen LogP contribution is 2.24. The Hall–Kier alpha value is -2.41. The smallest absolute Gasteiger partial charge is 0.339 e. The third-order valence-electron chi connectivity index (χ3n) is 4.47. The second kappa shape index (κ2) is 7.07. The van der Waals surface area contributed by atoms with Crippen LogP contribution in [0.2, 0.25) is 5.02 Å². The van der Waals surface area contributed by atoms with Gasteiger partial charge in [0.2, 0.25) is 0 Å². The van der Waals surface area contributed by atoms with Gasteiger partial charge in [0.15, 0.2) is 0 Å². The normalized spacial score (nSPS) is 12.9. The van der Waals surface area contributed by atoms with Gasteiger partial charge in [0.05, 0.1) is 22.9 Å². The number of aromatic nitrogens is 2. The van der Waals surface area contributed by atoms with E-state index in [2.05, 4.69) is 0 Å². The Morgan fingerprint density at radius 3 is 2.73 bits per heavy atom. The zero-order chi connectivity index (χ0) is 19.0. The fourth-order valence-corrected chi connectivity index (χ4v) is 3.39. The number of hydrogen-bond acceptors (Lipinski definition) is 4. The number of carbonyl (C=O) groups excluding carboxylic acids is 1. The number of hydrogen-bond donors (Lipinski definition) is 0. The van der Waals surface area contributed by atoms with Crippen LogP contribution in [-0.2, 0) is 24.6 Å². The molecule has 1 aliphatic carbocycles. The molecule has 2 aromatic rings. The molecule has 0 fully saturated rings. The largest absolute Gasteiger partial charge is 0.462 e. The summed E-state index contributed by atoms with van der Waals surface area (Å²) in [6.07, 6.45) is 2.54. The van der Waals surface area contributed by atoms with Crippen molar-refractivity contribution < 1.29 is 13.9 Å². The van der Waals surface area contributed by atoms with Crippen LogP contribution in [0.3, 0.4) is 0 Å². The van der Waals surface area contributed by atoms with E-state index in [4.69, 9.17) is 16.3 Å². The Balaban J connectivity index is 2.23. The van der Waals surface area contributed by atoms with Crippen LogP contribution in [0.1, 0.15) is 41.4 Å². The monoisotopic (exact) mass is 380 g/mol. The maximum absolute atomic E-state index is 14.5. The Labute approximate surface area is 153 Å². The number of carbonyl (C=O) groups is 1. The molecule has 1 aromatic heterocycles. The Morgan fingerprint density at radius 2 is 2.04 bits per heavy atom. The van der Waals surface area contributed by atoms with Crippen molar-refractivity contribution in [3.8, 4) is 5.69 Å². The van der Waals surface area contributed by atoms with E-state index in [0.717, 1.165) is 23.1 Å². The average molecular weight is 381 g/mol. The lowest BCUT2D eigenvalue weighted by molar-refractivity contribution is 0.0505. The third-order valence-corrected chi connectivity index (χ3v) is 4.78. The summed E-state index contributed by atoms with van der Waals surface area (Å²) in [5.41, 5.74) is -0.451. The van der Waals surface area contributed by atoms with E-state index in [-0.39, 0.29) is 22.9 Å². The lowest BCUT2D eigenvalue weighted by Crippen LogP contribution is -2.41. The minimum Gasteiger partial charge on any atom is -0.462 e. The molecular weight excluding hydrogens is 363 g/mol. The van der Waals surface area contributed by atoms with Crippen molar-refractivity contribution in [2.75, 3.05) is 6.61 Å². The zero-order valence-corrected chi connectivity index (χ0v) is 15.2. The molecule has 6 nitrogen and oxygen atoms in total. The summed E-state index contributed by atoms with van der Waals surface area (Å²) in [5.74, 6) is -1.59. The van der Waals surface area contributed by atoms with Crippen LogP contribution in [-0.4, -0.2) is 21.7 Å². The molecular formula is C18H18ClFN2O4. The molecule has 0 saturated carbocycles. The van der Waals surface area contributed by atoms with Crippen molar-refractivity contribution in [1.29, 1.82) is 0 Å². The van der Waals surface area contributed by atoms with Gasteiger partial charge in [-0.2, -0.15) is 0 Å². The van der Waals surface area contributed by atoms with Crippen LogP contribution in [0.15, 0.2) is 21.7 Å². The molecule has 0 unspecified atom stereocenters. The molecule has 1 aliphatic rings. The number of esters is 1. The zero-order valence-electron chi connectivity index (χ0n) is 14.5. The number of nitrogens with zero attached hydrogens (tertiary/aromatic N) is 2. The molecule has 0 bridgehead atoms. The van der Waals surface area contributed by atoms with Gasteiger partial charge in [-0.25, -0.2) is 18.5 Å². The van der Waals surface area contributed by atoms with E-state index in [1.54, 1.807) is 7.05 Å². The molecule has 1 heterocycles. The van der Waals surface area contributed by atoms with E-state index in [1.165, 1.54) is 4.57 Å². The predicted molar refractivity (Wildman–Crippen MR) is 94.8 cm³/mol. The molecule has 0 aliphatic heterocycles. The van der Waals surface area contributed by atoms with Gasteiger partial charge in [-0.1, -0.05) is 18.5 Å². The van der Waals surface area contributed by atoms with E-state index in [1.807, 2.05) is 6.92 Å². The molecule has 26 heavy (non-hydrogen) atoms. The van der Waals surface area contributed by atoms with Crippen LogP contribution < -0.4 is 11.2 Å². The third kappa shape index (κ3) is 2.96. The standard InChI is InChI=1S/C18H18ClFN2O4/c1-3-7-26-17(24)11-8-15(13(20)9-12(11)19)22-16(23)10-5-4-6-14(10)21(2)18(22)25/h8-9H,3-7H2,1-2H3. The van der Waals surface area contributed by atoms with Gasteiger partial charge in [-0.3, -0.25) is 4.79 Å². The first-order valence-corrected chi connectivity index (χ1v) is 8.75. The predicted octanol–water partition coefficient (Wildman–Crippen LogP) is 2.38. The molecule has 3 rings (SSSR count). The van der Waals surface area contributed by atoms with Gasteiger partial charge in [-0.05, 0) is 37.8 Å². The molecule has 138 valence electrons. The molecule has 8 heteroatoms. The first-order valence-electron chi connectivity index (χ1n) is 8.37. The van der Waals surface area contributed by atoms with E-state index >= 15 is 0 Å². The number of halogens is 2. The topological polar surface area (TPSA) is 70.3 Å². The number of ether oxygens (including phenoxy) is 1. The van der Waals surface area contributed by atoms with E-state index in [9.17, 15) is 18.8 Å². The van der Waals surface area contributed by atoms with Crippen molar-refractivity contribution in [3.63, 3.8) is 0 Å². The van der Waals surface area contributed by atoms with Crippen molar-refractivity contribution in [2.24, 2.45) is 7.05 Å². The van der Waals surface area contributed by atoms with Crippen LogP contribution in [0.5, 0.6) is 0 Å². The molecule has 1 aromatic carbocycles. The molecule has 0 amide bonds. The maximum Gasteiger partial charge on any atom is 0.339 e. The SMILES string of the molecule is CCCOC(=O)c1cc(-n2c(=O)c3c(n(C)c2=O)CCC3)c(F)cc1Cl. The summed E-state index contributed by atoms with van der Waals surface area (Å²) in [6, 6.07) is 2.01. The van der Waals surface area contributed by atoms with Gasteiger partial charge in [-0.15, -0.1) is 0 Å². The number of benzene rings is 1. The first kappa shape index (κ1) is 18.4. The highest BCUT2D eigenvalue weighted by molar-refractivity contribution is 6.33. The van der Waals surface area contributed by atoms with Crippen LogP contribution in [0.25, 0.3) is 5.69 Å². The Morgan fingerprint density at radius 1 is 1.31 bits per heavy atom. The fourth-order valence-electron chi connectivity index (χ4n) is 3.17. The van der Waals surface area contributed by atoms with Gasteiger partial charge in [0.25, 0.3) is 5.56 Å². The van der Waals surface area contributed by atoms with Gasteiger partial charge in [0, 0.05) is 18.3 Å². The lowest BCUT2D eigenvalue weighted by Gasteiger charge is -2.14. The summed E-state index contributed by atoms with van der Waals surface area (Å²) < 4.78 is 21.7. The molecule has 0 spiro atoms. The van der Waals surface area contributed by atoms with Crippen molar-refractivity contribution in [3.05, 3.63) is 60.6 Å². The van der Waals surface area contributed by atoms with Crippen molar-refractivity contribution in [2.45, 2.75) is 32.6 Å². The van der Waals surface area contributed by atoms with Crippen LogP contribution in [0.4, 0.5) is 4.39 Å².